The fraction of sp³-hybridized carbons (Fsp3) is 0.462. The van der Waals surface area contributed by atoms with Crippen LogP contribution in [-0.4, -0.2) is 36.2 Å². The predicted octanol–water partition coefficient (Wildman–Crippen LogP) is 6.12. The van der Waals surface area contributed by atoms with Gasteiger partial charge in [-0.1, -0.05) is 44.2 Å². The summed E-state index contributed by atoms with van der Waals surface area (Å²) in [6.45, 7) is 7.08. The molecule has 1 N–H and O–H groups in total. The van der Waals surface area contributed by atoms with Crippen molar-refractivity contribution in [1.82, 2.24) is 4.90 Å². The Bertz CT molecular complexity index is 888. The number of Topliss-reactive ketones (excluding diaryl/α,β-unsaturated/α-hetero) is 1. The zero-order chi connectivity index (χ0) is 22.2. The zero-order valence-corrected chi connectivity index (χ0v) is 20.7. The molecule has 1 amide bonds. The van der Waals surface area contributed by atoms with Crippen molar-refractivity contribution in [3.05, 3.63) is 63.2 Å². The summed E-state index contributed by atoms with van der Waals surface area (Å²) in [5, 5.41) is 3.01. The number of ketones is 1. The van der Waals surface area contributed by atoms with Crippen LogP contribution >= 0.6 is 22.6 Å². The number of piperidine rings is 1. The molecular formula is C26H33IN2O2. The van der Waals surface area contributed by atoms with E-state index >= 15 is 0 Å². The molecule has 4 nitrogen and oxygen atoms in total. The van der Waals surface area contributed by atoms with Gasteiger partial charge in [0, 0.05) is 27.2 Å². The first kappa shape index (κ1) is 23.9. The Labute approximate surface area is 199 Å². The second-order valence-corrected chi connectivity index (χ2v) is 9.91. The summed E-state index contributed by atoms with van der Waals surface area (Å²) >= 11 is 2.24. The Morgan fingerprint density at radius 3 is 2.52 bits per heavy atom. The van der Waals surface area contributed by atoms with Gasteiger partial charge in [-0.25, -0.2) is 0 Å². The number of hydrogen-bond donors (Lipinski definition) is 1. The van der Waals surface area contributed by atoms with Gasteiger partial charge in [-0.2, -0.15) is 0 Å². The fourth-order valence-corrected chi connectivity index (χ4v) is 4.78. The largest absolute Gasteiger partial charge is 0.326 e. The number of carbonyl (C=O) groups is 2. The highest BCUT2D eigenvalue weighted by molar-refractivity contribution is 14.1. The van der Waals surface area contributed by atoms with E-state index in [1.165, 1.54) is 5.56 Å². The van der Waals surface area contributed by atoms with Crippen molar-refractivity contribution >= 4 is 40.0 Å². The first-order valence-electron chi connectivity index (χ1n) is 11.3. The summed E-state index contributed by atoms with van der Waals surface area (Å²) in [5.41, 5.74) is 3.08. The van der Waals surface area contributed by atoms with Gasteiger partial charge in [0.2, 0.25) is 5.91 Å². The maximum absolute atomic E-state index is 12.4. The molecule has 0 atom stereocenters. The summed E-state index contributed by atoms with van der Waals surface area (Å²) in [6, 6.07) is 16.2. The molecule has 0 bridgehead atoms. The minimum atomic E-state index is -0.0153. The van der Waals surface area contributed by atoms with Gasteiger partial charge in [-0.05, 0) is 97.6 Å². The average Bonchev–Trinajstić information content (AvgIpc) is 2.77. The van der Waals surface area contributed by atoms with Crippen LogP contribution < -0.4 is 5.32 Å². The predicted molar refractivity (Wildman–Crippen MR) is 136 cm³/mol. The molecule has 0 radical (unpaired) electrons. The van der Waals surface area contributed by atoms with Crippen LogP contribution in [0.4, 0.5) is 5.69 Å². The molecule has 0 aliphatic carbocycles. The lowest BCUT2D eigenvalue weighted by atomic mass is 9.89. The van der Waals surface area contributed by atoms with Crippen LogP contribution in [0, 0.1) is 9.49 Å². The molecule has 0 saturated carbocycles. The molecule has 0 spiro atoms. The monoisotopic (exact) mass is 532 g/mol. The second-order valence-electron chi connectivity index (χ2n) is 8.75. The Kier molecular flexibility index (Phi) is 9.08. The maximum Gasteiger partial charge on any atom is 0.226 e. The number of likely N-dealkylation sites (tertiary alicyclic amines) is 1. The highest BCUT2D eigenvalue weighted by Crippen LogP contribution is 2.30. The van der Waals surface area contributed by atoms with Crippen LogP contribution in [0.2, 0.25) is 0 Å². The molecule has 2 aromatic carbocycles. The highest BCUT2D eigenvalue weighted by Gasteiger charge is 2.21. The molecular weight excluding hydrogens is 499 g/mol. The Balaban J connectivity index is 1.39. The third-order valence-electron chi connectivity index (χ3n) is 6.04. The van der Waals surface area contributed by atoms with E-state index in [4.69, 9.17) is 0 Å². The molecule has 5 heteroatoms. The summed E-state index contributed by atoms with van der Waals surface area (Å²) < 4.78 is 1.04. The number of rotatable bonds is 9. The van der Waals surface area contributed by atoms with Gasteiger partial charge < -0.3 is 10.2 Å². The van der Waals surface area contributed by atoms with Crippen molar-refractivity contribution in [3.63, 3.8) is 0 Å². The molecule has 1 aliphatic rings. The van der Waals surface area contributed by atoms with Gasteiger partial charge in [0.15, 0.2) is 5.78 Å². The molecule has 1 saturated heterocycles. The van der Waals surface area contributed by atoms with Crippen molar-refractivity contribution in [1.29, 1.82) is 0 Å². The highest BCUT2D eigenvalue weighted by atomic mass is 127. The average molecular weight is 532 g/mol. The van der Waals surface area contributed by atoms with E-state index in [1.54, 1.807) is 0 Å². The normalized spacial score (nSPS) is 15.2. The Morgan fingerprint density at radius 1 is 1.06 bits per heavy atom. The second kappa shape index (κ2) is 11.8. The first-order chi connectivity index (χ1) is 14.9. The molecule has 1 aliphatic heterocycles. The molecule has 0 aromatic heterocycles. The van der Waals surface area contributed by atoms with Gasteiger partial charge in [-0.15, -0.1) is 0 Å². The lowest BCUT2D eigenvalue weighted by Gasteiger charge is -2.32. The van der Waals surface area contributed by atoms with E-state index in [9.17, 15) is 9.59 Å². The van der Waals surface area contributed by atoms with Gasteiger partial charge in [0.05, 0.1) is 0 Å². The van der Waals surface area contributed by atoms with Crippen LogP contribution in [0.1, 0.15) is 67.8 Å². The first-order valence-corrected chi connectivity index (χ1v) is 12.4. The standard InChI is InChI=1S/C26H33IN2O2/c1-19(2)26(31)28-22-9-7-8-21(18-22)20-13-16-29(17-14-20)15-6-5-12-25(30)23-10-3-4-11-24(23)27/h3-4,7-11,18-20H,5-6,12-17H2,1-2H3,(H,28,31). The summed E-state index contributed by atoms with van der Waals surface area (Å²) in [6.07, 6.45) is 4.93. The van der Waals surface area contributed by atoms with Gasteiger partial charge in [0.25, 0.3) is 0 Å². The van der Waals surface area contributed by atoms with Crippen LogP contribution in [-0.2, 0) is 4.79 Å². The van der Waals surface area contributed by atoms with E-state index in [2.05, 4.69) is 44.9 Å². The van der Waals surface area contributed by atoms with Crippen molar-refractivity contribution < 1.29 is 9.59 Å². The number of nitrogens with one attached hydrogen (secondary N) is 1. The lowest BCUT2D eigenvalue weighted by molar-refractivity contribution is -0.118. The minimum Gasteiger partial charge on any atom is -0.326 e. The molecule has 1 fully saturated rings. The van der Waals surface area contributed by atoms with Crippen LogP contribution in [0.15, 0.2) is 48.5 Å². The topological polar surface area (TPSA) is 49.4 Å². The van der Waals surface area contributed by atoms with Crippen molar-refractivity contribution in [3.8, 4) is 0 Å². The van der Waals surface area contributed by atoms with E-state index < -0.39 is 0 Å². The van der Waals surface area contributed by atoms with Crippen LogP contribution in [0.5, 0.6) is 0 Å². The van der Waals surface area contributed by atoms with E-state index in [-0.39, 0.29) is 17.6 Å². The SMILES string of the molecule is CC(C)C(=O)Nc1cccc(C2CCN(CCCCC(=O)c3ccccc3I)CC2)c1. The molecule has 31 heavy (non-hydrogen) atoms. The van der Waals surface area contributed by atoms with Crippen LogP contribution in [0.3, 0.4) is 0 Å². The van der Waals surface area contributed by atoms with Crippen molar-refractivity contribution in [2.24, 2.45) is 5.92 Å². The number of carbonyl (C=O) groups excluding carboxylic acids is 2. The number of hydrogen-bond acceptors (Lipinski definition) is 3. The third kappa shape index (κ3) is 7.14. The molecule has 3 rings (SSSR count). The Hall–Kier alpha value is -1.73. The lowest BCUT2D eigenvalue weighted by Crippen LogP contribution is -2.33. The molecule has 0 unspecified atom stereocenters. The van der Waals surface area contributed by atoms with Gasteiger partial charge in [0.1, 0.15) is 0 Å². The minimum absolute atomic E-state index is 0.0153. The van der Waals surface area contributed by atoms with Crippen molar-refractivity contribution in [2.45, 2.75) is 51.9 Å². The fourth-order valence-electron chi connectivity index (χ4n) is 4.09. The number of nitrogens with zero attached hydrogens (tertiary/aromatic N) is 1. The maximum atomic E-state index is 12.4. The van der Waals surface area contributed by atoms with Gasteiger partial charge in [-0.3, -0.25) is 9.59 Å². The number of halogens is 1. The van der Waals surface area contributed by atoms with Gasteiger partial charge >= 0.3 is 0 Å². The summed E-state index contributed by atoms with van der Waals surface area (Å²) in [4.78, 5) is 26.9. The molecule has 1 heterocycles. The third-order valence-corrected chi connectivity index (χ3v) is 6.98. The summed E-state index contributed by atoms with van der Waals surface area (Å²) in [7, 11) is 0. The number of anilines is 1. The van der Waals surface area contributed by atoms with E-state index in [0.29, 0.717) is 12.3 Å². The number of benzene rings is 2. The zero-order valence-electron chi connectivity index (χ0n) is 18.6. The summed E-state index contributed by atoms with van der Waals surface area (Å²) in [5.74, 6) is 0.855. The number of unbranched alkanes of at least 4 members (excludes halogenated alkanes) is 1. The molecule has 2 aromatic rings. The van der Waals surface area contributed by atoms with Crippen LogP contribution in [0.25, 0.3) is 0 Å². The van der Waals surface area contributed by atoms with E-state index in [0.717, 1.165) is 60.1 Å². The Morgan fingerprint density at radius 2 is 1.81 bits per heavy atom. The number of amides is 1. The smallest absolute Gasteiger partial charge is 0.226 e. The van der Waals surface area contributed by atoms with Crippen molar-refractivity contribution in [2.75, 3.05) is 25.0 Å². The van der Waals surface area contributed by atoms with E-state index in [1.807, 2.05) is 50.2 Å². The quantitative estimate of drug-likeness (QED) is 0.241. The molecule has 166 valence electrons.